The fourth-order valence-corrected chi connectivity index (χ4v) is 1.53. The molecule has 19 heavy (non-hydrogen) atoms. The Kier molecular flexibility index (Phi) is 5.48. The van der Waals surface area contributed by atoms with Crippen LogP contribution in [0, 0.1) is 13.8 Å². The van der Waals surface area contributed by atoms with E-state index >= 15 is 0 Å². The smallest absolute Gasteiger partial charge is 0.335 e. The van der Waals surface area contributed by atoms with Gasteiger partial charge in [-0.1, -0.05) is 42.5 Å². The standard InChI is InChI=1S/C8H8O2.C8H8O/c1-6-4-2-3-5-7(6)8(9)10;1-7-4-2-3-5-8(7)6-9/h2-5H,1H3,(H,9,10);2-6H,1H3. The summed E-state index contributed by atoms with van der Waals surface area (Å²) < 4.78 is 0. The van der Waals surface area contributed by atoms with Gasteiger partial charge in [-0.3, -0.25) is 4.79 Å². The van der Waals surface area contributed by atoms with Crippen LogP contribution in [-0.4, -0.2) is 17.4 Å². The van der Waals surface area contributed by atoms with E-state index < -0.39 is 5.97 Å². The summed E-state index contributed by atoms with van der Waals surface area (Å²) in [5, 5.41) is 8.57. The van der Waals surface area contributed by atoms with E-state index in [1.54, 1.807) is 25.1 Å². The Labute approximate surface area is 112 Å². The first-order chi connectivity index (χ1) is 9.06. The predicted molar refractivity (Wildman–Crippen MR) is 74.7 cm³/mol. The van der Waals surface area contributed by atoms with Gasteiger partial charge in [-0.15, -0.1) is 0 Å². The van der Waals surface area contributed by atoms with Crippen molar-refractivity contribution >= 4 is 12.3 Å². The quantitative estimate of drug-likeness (QED) is 0.837. The predicted octanol–water partition coefficient (Wildman–Crippen LogP) is 3.50. The monoisotopic (exact) mass is 256 g/mol. The molecule has 0 radical (unpaired) electrons. The molecule has 0 bridgehead atoms. The fraction of sp³-hybridized carbons (Fsp3) is 0.125. The Balaban J connectivity index is 0.000000191. The molecule has 98 valence electrons. The number of carboxylic acids is 1. The molecule has 3 heteroatoms. The van der Waals surface area contributed by atoms with Crippen LogP contribution in [0.4, 0.5) is 0 Å². The van der Waals surface area contributed by atoms with Crippen molar-refractivity contribution in [3.8, 4) is 0 Å². The Morgan fingerprint density at radius 2 is 1.47 bits per heavy atom. The second-order valence-electron chi connectivity index (χ2n) is 4.09. The molecule has 0 saturated carbocycles. The molecule has 0 atom stereocenters. The number of aryl methyl sites for hydroxylation is 2. The van der Waals surface area contributed by atoms with E-state index in [4.69, 9.17) is 5.11 Å². The topological polar surface area (TPSA) is 54.4 Å². The first kappa shape index (κ1) is 14.6. The van der Waals surface area contributed by atoms with Crippen LogP contribution in [0.1, 0.15) is 31.8 Å². The highest BCUT2D eigenvalue weighted by atomic mass is 16.4. The van der Waals surface area contributed by atoms with Crippen molar-refractivity contribution in [1.29, 1.82) is 0 Å². The first-order valence-electron chi connectivity index (χ1n) is 5.86. The van der Waals surface area contributed by atoms with Crippen molar-refractivity contribution < 1.29 is 14.7 Å². The molecule has 3 nitrogen and oxygen atoms in total. The van der Waals surface area contributed by atoms with E-state index in [-0.39, 0.29) is 0 Å². The van der Waals surface area contributed by atoms with E-state index in [1.165, 1.54) is 0 Å². The zero-order valence-corrected chi connectivity index (χ0v) is 11.0. The molecule has 0 aliphatic rings. The lowest BCUT2D eigenvalue weighted by atomic mass is 10.1. The van der Waals surface area contributed by atoms with Crippen LogP contribution >= 0.6 is 0 Å². The molecule has 2 aromatic rings. The van der Waals surface area contributed by atoms with Crippen LogP contribution in [0.25, 0.3) is 0 Å². The molecule has 1 N–H and O–H groups in total. The van der Waals surface area contributed by atoms with Crippen molar-refractivity contribution in [2.24, 2.45) is 0 Å². The maximum absolute atomic E-state index is 10.4. The second-order valence-corrected chi connectivity index (χ2v) is 4.09. The summed E-state index contributed by atoms with van der Waals surface area (Å²) in [4.78, 5) is 20.6. The van der Waals surface area contributed by atoms with Crippen LogP contribution in [0.15, 0.2) is 48.5 Å². The molecule has 0 heterocycles. The molecule has 0 unspecified atom stereocenters. The van der Waals surface area contributed by atoms with E-state index in [2.05, 4.69) is 0 Å². The van der Waals surface area contributed by atoms with Gasteiger partial charge in [-0.25, -0.2) is 4.79 Å². The molecule has 2 aromatic carbocycles. The molecule has 0 aliphatic heterocycles. The summed E-state index contributed by atoms with van der Waals surface area (Å²) in [5.41, 5.74) is 2.99. The molecule has 0 saturated heterocycles. The van der Waals surface area contributed by atoms with Gasteiger partial charge in [0.2, 0.25) is 0 Å². The van der Waals surface area contributed by atoms with Gasteiger partial charge in [0, 0.05) is 5.56 Å². The van der Waals surface area contributed by atoms with Crippen molar-refractivity contribution in [2.75, 3.05) is 0 Å². The van der Waals surface area contributed by atoms with Gasteiger partial charge in [0.05, 0.1) is 5.56 Å². The maximum Gasteiger partial charge on any atom is 0.335 e. The third-order valence-electron chi connectivity index (χ3n) is 2.69. The highest BCUT2D eigenvalue weighted by Crippen LogP contribution is 2.05. The lowest BCUT2D eigenvalue weighted by Crippen LogP contribution is -1.97. The number of aldehydes is 1. The first-order valence-corrected chi connectivity index (χ1v) is 5.86. The van der Waals surface area contributed by atoms with E-state index in [9.17, 15) is 9.59 Å². The van der Waals surface area contributed by atoms with Crippen molar-refractivity contribution in [1.82, 2.24) is 0 Å². The summed E-state index contributed by atoms with van der Waals surface area (Å²) in [6.45, 7) is 3.70. The van der Waals surface area contributed by atoms with Crippen LogP contribution in [0.5, 0.6) is 0 Å². The third-order valence-corrected chi connectivity index (χ3v) is 2.69. The third kappa shape index (κ3) is 4.39. The molecular formula is C16H16O3. The number of carbonyl (C=O) groups excluding carboxylic acids is 1. The van der Waals surface area contributed by atoms with Crippen molar-refractivity contribution in [3.63, 3.8) is 0 Å². The number of carbonyl (C=O) groups is 2. The van der Waals surface area contributed by atoms with Crippen LogP contribution in [0.2, 0.25) is 0 Å². The largest absolute Gasteiger partial charge is 0.478 e. The summed E-state index contributed by atoms with van der Waals surface area (Å²) in [7, 11) is 0. The minimum Gasteiger partial charge on any atom is -0.478 e. The Morgan fingerprint density at radius 3 is 1.84 bits per heavy atom. The number of rotatable bonds is 2. The molecule has 0 aromatic heterocycles. The summed E-state index contributed by atoms with van der Waals surface area (Å²) in [6.07, 6.45) is 0.870. The highest BCUT2D eigenvalue weighted by molar-refractivity contribution is 5.89. The molecule has 2 rings (SSSR count). The summed E-state index contributed by atoms with van der Waals surface area (Å²) in [6, 6.07) is 14.4. The molecule has 0 aliphatic carbocycles. The van der Waals surface area contributed by atoms with Gasteiger partial charge in [0.25, 0.3) is 0 Å². The summed E-state index contributed by atoms with van der Waals surface area (Å²) >= 11 is 0. The van der Waals surface area contributed by atoms with Crippen LogP contribution in [-0.2, 0) is 0 Å². The van der Waals surface area contributed by atoms with Crippen molar-refractivity contribution in [3.05, 3.63) is 70.8 Å². The van der Waals surface area contributed by atoms with Gasteiger partial charge in [-0.05, 0) is 31.0 Å². The van der Waals surface area contributed by atoms with Crippen LogP contribution in [0.3, 0.4) is 0 Å². The Bertz CT molecular complexity index is 574. The van der Waals surface area contributed by atoms with Gasteiger partial charge >= 0.3 is 5.97 Å². The lowest BCUT2D eigenvalue weighted by molar-refractivity contribution is 0.0696. The number of aromatic carboxylic acids is 1. The highest BCUT2D eigenvalue weighted by Gasteiger charge is 2.02. The van der Waals surface area contributed by atoms with E-state index in [0.29, 0.717) is 5.56 Å². The number of carboxylic acid groups (broad SMARTS) is 1. The van der Waals surface area contributed by atoms with Crippen molar-refractivity contribution in [2.45, 2.75) is 13.8 Å². The number of hydrogen-bond donors (Lipinski definition) is 1. The van der Waals surface area contributed by atoms with Gasteiger partial charge in [-0.2, -0.15) is 0 Å². The van der Waals surface area contributed by atoms with Gasteiger partial charge < -0.3 is 5.11 Å². The second kappa shape index (κ2) is 7.11. The fourth-order valence-electron chi connectivity index (χ4n) is 1.53. The molecule has 0 fully saturated rings. The maximum atomic E-state index is 10.4. The van der Waals surface area contributed by atoms with E-state index in [1.807, 2.05) is 37.3 Å². The average molecular weight is 256 g/mol. The molecule has 0 amide bonds. The normalized spacial score (nSPS) is 9.16. The number of benzene rings is 2. The SMILES string of the molecule is Cc1ccccc1C(=O)O.Cc1ccccc1C=O. The minimum absolute atomic E-state index is 0.377. The summed E-state index contributed by atoms with van der Waals surface area (Å²) in [5.74, 6) is -0.863. The average Bonchev–Trinajstić information content (AvgIpc) is 2.40. The zero-order valence-electron chi connectivity index (χ0n) is 11.0. The van der Waals surface area contributed by atoms with Gasteiger partial charge in [0.15, 0.2) is 0 Å². The minimum atomic E-state index is -0.863. The number of hydrogen-bond acceptors (Lipinski definition) is 2. The molecular weight excluding hydrogens is 240 g/mol. The zero-order chi connectivity index (χ0) is 14.3. The molecule has 0 spiro atoms. The van der Waals surface area contributed by atoms with E-state index in [0.717, 1.165) is 23.0 Å². The Morgan fingerprint density at radius 1 is 0.947 bits per heavy atom. The Hall–Kier alpha value is -2.42. The van der Waals surface area contributed by atoms with Gasteiger partial charge in [0.1, 0.15) is 6.29 Å². The van der Waals surface area contributed by atoms with Crippen LogP contribution < -0.4 is 0 Å². The lowest BCUT2D eigenvalue weighted by Gasteiger charge is -1.96.